The third-order valence-electron chi connectivity index (χ3n) is 4.03. The summed E-state index contributed by atoms with van der Waals surface area (Å²) < 4.78 is 0. The van der Waals surface area contributed by atoms with Crippen molar-refractivity contribution in [2.24, 2.45) is 0 Å². The number of nitrogens with zero attached hydrogens (tertiary/aromatic N) is 1. The number of aryl methyl sites for hydroxylation is 2. The molecule has 0 saturated carbocycles. The first-order valence-corrected chi connectivity index (χ1v) is 10.5. The molecule has 0 unspecified atom stereocenters. The number of carbonyl (C=O) groups excluding carboxylic acids is 2. The first-order chi connectivity index (χ1) is 13.4. The van der Waals surface area contributed by atoms with Crippen molar-refractivity contribution in [1.29, 1.82) is 0 Å². The molecule has 0 spiro atoms. The van der Waals surface area contributed by atoms with Crippen LogP contribution < -0.4 is 10.9 Å². The van der Waals surface area contributed by atoms with E-state index in [4.69, 9.17) is 0 Å². The van der Waals surface area contributed by atoms with Gasteiger partial charge in [-0.3, -0.25) is 20.4 Å². The van der Waals surface area contributed by atoms with E-state index in [2.05, 4.69) is 15.8 Å². The van der Waals surface area contributed by atoms with E-state index in [1.165, 1.54) is 28.7 Å². The number of thioether (sulfide) groups is 1. The van der Waals surface area contributed by atoms with E-state index >= 15 is 0 Å². The van der Waals surface area contributed by atoms with E-state index in [0.29, 0.717) is 10.6 Å². The Bertz CT molecular complexity index is 969. The average Bonchev–Trinajstić information content (AvgIpc) is 3.10. The maximum atomic E-state index is 12.5. The van der Waals surface area contributed by atoms with Crippen LogP contribution in [0.2, 0.25) is 0 Å². The zero-order chi connectivity index (χ0) is 20.1. The molecule has 0 aliphatic rings. The molecule has 2 N–H and O–H groups in total. The Labute approximate surface area is 172 Å². The fourth-order valence-corrected chi connectivity index (χ4v) is 4.30. The second-order valence-electron chi connectivity index (χ2n) is 6.32. The summed E-state index contributed by atoms with van der Waals surface area (Å²) in [7, 11) is 0. The van der Waals surface area contributed by atoms with E-state index in [1.54, 1.807) is 13.8 Å². The van der Waals surface area contributed by atoms with Gasteiger partial charge in [0.1, 0.15) is 9.88 Å². The highest BCUT2D eigenvalue weighted by molar-refractivity contribution is 8.00. The Morgan fingerprint density at radius 2 is 1.68 bits per heavy atom. The lowest BCUT2D eigenvalue weighted by Gasteiger charge is -2.12. The molecule has 1 atom stereocenters. The van der Waals surface area contributed by atoms with Crippen LogP contribution in [0.3, 0.4) is 0 Å². The van der Waals surface area contributed by atoms with Gasteiger partial charge in [-0.15, -0.1) is 23.1 Å². The fourth-order valence-electron chi connectivity index (χ4n) is 2.46. The molecule has 2 amide bonds. The molecule has 0 fully saturated rings. The van der Waals surface area contributed by atoms with Gasteiger partial charge in [-0.25, -0.2) is 4.98 Å². The molecule has 1 aromatic heterocycles. The van der Waals surface area contributed by atoms with Crippen LogP contribution in [0.15, 0.2) is 59.5 Å². The fraction of sp³-hybridized carbons (Fsp3) is 0.190. The number of hydrazine groups is 1. The summed E-state index contributed by atoms with van der Waals surface area (Å²) in [6.07, 6.45) is 0. The monoisotopic (exact) mass is 411 g/mol. The molecule has 0 bridgehead atoms. The Morgan fingerprint density at radius 3 is 2.36 bits per heavy atom. The van der Waals surface area contributed by atoms with Crippen molar-refractivity contribution in [2.75, 3.05) is 0 Å². The van der Waals surface area contributed by atoms with Gasteiger partial charge < -0.3 is 0 Å². The van der Waals surface area contributed by atoms with Crippen molar-refractivity contribution >= 4 is 34.9 Å². The average molecular weight is 412 g/mol. The molecular weight excluding hydrogens is 390 g/mol. The largest absolute Gasteiger partial charge is 0.281 e. The van der Waals surface area contributed by atoms with Crippen molar-refractivity contribution in [3.05, 3.63) is 70.7 Å². The van der Waals surface area contributed by atoms with E-state index in [-0.39, 0.29) is 17.1 Å². The second-order valence-corrected chi connectivity index (χ2v) is 8.73. The van der Waals surface area contributed by atoms with Gasteiger partial charge in [-0.1, -0.05) is 48.0 Å². The minimum Gasteiger partial charge on any atom is -0.272 e. The van der Waals surface area contributed by atoms with E-state index in [0.717, 1.165) is 15.5 Å². The Kier molecular flexibility index (Phi) is 6.49. The lowest BCUT2D eigenvalue weighted by Crippen LogP contribution is -2.44. The standard InChI is InChI=1S/C21H21N3O2S2/c1-13-9-11-17(12-10-13)27-15(3)19(25)23-24-20(26)18-14(2)22-21(28-18)16-7-5-4-6-8-16/h4-12,15H,1-3H3,(H,23,25)(H,24,26)/t15-/m0/s1. The number of hydrogen-bond donors (Lipinski definition) is 2. The Morgan fingerprint density at radius 1 is 1.00 bits per heavy atom. The molecule has 2 aromatic carbocycles. The minimum absolute atomic E-state index is 0.260. The van der Waals surface area contributed by atoms with Gasteiger partial charge in [0.25, 0.3) is 11.8 Å². The van der Waals surface area contributed by atoms with Crippen molar-refractivity contribution in [3.8, 4) is 10.6 Å². The summed E-state index contributed by atoms with van der Waals surface area (Å²) >= 11 is 2.74. The van der Waals surface area contributed by atoms with Gasteiger partial charge in [0.05, 0.1) is 10.9 Å². The number of amides is 2. The van der Waals surface area contributed by atoms with Crippen LogP contribution in [0.1, 0.15) is 27.9 Å². The summed E-state index contributed by atoms with van der Waals surface area (Å²) in [6.45, 7) is 5.61. The third kappa shape index (κ3) is 4.99. The normalized spacial score (nSPS) is 11.7. The molecule has 3 rings (SSSR count). The molecule has 0 aliphatic heterocycles. The van der Waals surface area contributed by atoms with Crippen molar-refractivity contribution in [3.63, 3.8) is 0 Å². The van der Waals surface area contributed by atoms with Crippen LogP contribution in [0, 0.1) is 13.8 Å². The summed E-state index contributed by atoms with van der Waals surface area (Å²) in [5, 5.41) is 0.434. The van der Waals surface area contributed by atoms with Gasteiger partial charge >= 0.3 is 0 Å². The van der Waals surface area contributed by atoms with Crippen molar-refractivity contribution in [2.45, 2.75) is 30.9 Å². The van der Waals surface area contributed by atoms with Crippen molar-refractivity contribution in [1.82, 2.24) is 15.8 Å². The minimum atomic E-state index is -0.363. The second kappa shape index (κ2) is 9.03. The smallest absolute Gasteiger partial charge is 0.272 e. The number of thiazole rings is 1. The highest BCUT2D eigenvalue weighted by Crippen LogP contribution is 2.27. The lowest BCUT2D eigenvalue weighted by atomic mass is 10.2. The summed E-state index contributed by atoms with van der Waals surface area (Å²) in [4.78, 5) is 30.7. The van der Waals surface area contributed by atoms with Gasteiger partial charge in [-0.05, 0) is 32.9 Å². The van der Waals surface area contributed by atoms with E-state index < -0.39 is 0 Å². The van der Waals surface area contributed by atoms with Gasteiger partial charge in [-0.2, -0.15) is 0 Å². The van der Waals surface area contributed by atoms with Crippen LogP contribution >= 0.6 is 23.1 Å². The van der Waals surface area contributed by atoms with Crippen LogP contribution in [0.5, 0.6) is 0 Å². The SMILES string of the molecule is Cc1ccc(S[C@@H](C)C(=O)NNC(=O)c2sc(-c3ccccc3)nc2C)cc1. The first kappa shape index (κ1) is 20.1. The van der Waals surface area contributed by atoms with Gasteiger partial charge in [0.2, 0.25) is 0 Å². The number of carbonyl (C=O) groups is 2. The molecule has 1 heterocycles. The number of nitrogens with one attached hydrogen (secondary N) is 2. The predicted molar refractivity (Wildman–Crippen MR) is 114 cm³/mol. The molecule has 144 valence electrons. The molecule has 0 radical (unpaired) electrons. The Balaban J connectivity index is 1.58. The molecule has 0 aliphatic carbocycles. The van der Waals surface area contributed by atoms with Crippen LogP contribution in [0.4, 0.5) is 0 Å². The number of aromatic nitrogens is 1. The predicted octanol–water partition coefficient (Wildman–Crippen LogP) is 4.37. The molecule has 7 heteroatoms. The summed E-state index contributed by atoms with van der Waals surface area (Å²) in [5.74, 6) is -0.623. The summed E-state index contributed by atoms with van der Waals surface area (Å²) in [6, 6.07) is 17.7. The van der Waals surface area contributed by atoms with Crippen LogP contribution in [-0.2, 0) is 4.79 Å². The quantitative estimate of drug-likeness (QED) is 0.483. The number of rotatable bonds is 5. The highest BCUT2D eigenvalue weighted by Gasteiger charge is 2.19. The highest BCUT2D eigenvalue weighted by atomic mass is 32.2. The van der Waals surface area contributed by atoms with Gasteiger partial charge in [0, 0.05) is 10.5 Å². The van der Waals surface area contributed by atoms with E-state index in [1.807, 2.05) is 61.5 Å². The number of hydrogen-bond acceptors (Lipinski definition) is 5. The van der Waals surface area contributed by atoms with Crippen molar-refractivity contribution < 1.29 is 9.59 Å². The van der Waals surface area contributed by atoms with Crippen LogP contribution in [-0.4, -0.2) is 22.0 Å². The maximum absolute atomic E-state index is 12.5. The van der Waals surface area contributed by atoms with E-state index in [9.17, 15) is 9.59 Å². The first-order valence-electron chi connectivity index (χ1n) is 8.80. The topological polar surface area (TPSA) is 71.1 Å². The van der Waals surface area contributed by atoms with Crippen LogP contribution in [0.25, 0.3) is 10.6 Å². The number of benzene rings is 2. The lowest BCUT2D eigenvalue weighted by molar-refractivity contribution is -0.121. The maximum Gasteiger partial charge on any atom is 0.281 e. The van der Waals surface area contributed by atoms with Gasteiger partial charge in [0.15, 0.2) is 0 Å². The third-order valence-corrected chi connectivity index (χ3v) is 6.34. The zero-order valence-corrected chi connectivity index (χ0v) is 17.5. The Hall–Kier alpha value is -2.64. The zero-order valence-electron chi connectivity index (χ0n) is 15.9. The molecule has 0 saturated heterocycles. The molecule has 3 aromatic rings. The molecule has 28 heavy (non-hydrogen) atoms. The molecule has 5 nitrogen and oxygen atoms in total. The molecular formula is C21H21N3O2S2. The summed E-state index contributed by atoms with van der Waals surface area (Å²) in [5.41, 5.74) is 7.77.